The molecule has 1 amide bonds. The van der Waals surface area contributed by atoms with Crippen LogP contribution in [0.1, 0.15) is 12.0 Å². The molecule has 6 heteroatoms. The van der Waals surface area contributed by atoms with E-state index in [1.165, 1.54) is 4.90 Å². The number of carboxylic acid groups (broad SMARTS) is 1. The van der Waals surface area contributed by atoms with Crippen molar-refractivity contribution >= 4 is 12.1 Å². The van der Waals surface area contributed by atoms with Crippen LogP contribution in [0.4, 0.5) is 4.79 Å². The number of rotatable bonds is 3. The zero-order chi connectivity index (χ0) is 14.5. The van der Waals surface area contributed by atoms with Gasteiger partial charge in [-0.05, 0) is 12.0 Å². The number of piperidine rings is 1. The number of amides is 1. The number of aliphatic carboxylic acids is 1. The monoisotopic (exact) mass is 279 g/mol. The molecule has 1 heterocycles. The van der Waals surface area contributed by atoms with Crippen molar-refractivity contribution in [2.45, 2.75) is 19.1 Å². The van der Waals surface area contributed by atoms with Crippen LogP contribution < -0.4 is 0 Å². The van der Waals surface area contributed by atoms with Crippen LogP contribution in [0.5, 0.6) is 0 Å². The number of β-amino-alcohol motifs (C(OH)–C–C–N with tert-alkyl or cyclic N) is 1. The van der Waals surface area contributed by atoms with Crippen molar-refractivity contribution in [3.63, 3.8) is 0 Å². The van der Waals surface area contributed by atoms with Crippen molar-refractivity contribution in [2.24, 2.45) is 5.92 Å². The van der Waals surface area contributed by atoms with Gasteiger partial charge in [-0.15, -0.1) is 0 Å². The van der Waals surface area contributed by atoms with Crippen LogP contribution in [-0.2, 0) is 16.1 Å². The van der Waals surface area contributed by atoms with E-state index in [4.69, 9.17) is 9.84 Å². The summed E-state index contributed by atoms with van der Waals surface area (Å²) in [5.74, 6) is -1.84. The molecule has 0 unspecified atom stereocenters. The van der Waals surface area contributed by atoms with E-state index < -0.39 is 24.1 Å². The Bertz CT molecular complexity index is 476. The van der Waals surface area contributed by atoms with Gasteiger partial charge in [0.1, 0.15) is 6.61 Å². The number of hydrogen-bond donors (Lipinski definition) is 2. The maximum Gasteiger partial charge on any atom is 0.410 e. The van der Waals surface area contributed by atoms with Crippen molar-refractivity contribution in [1.82, 2.24) is 4.90 Å². The van der Waals surface area contributed by atoms with Crippen molar-refractivity contribution in [1.29, 1.82) is 0 Å². The fourth-order valence-corrected chi connectivity index (χ4v) is 2.20. The van der Waals surface area contributed by atoms with Gasteiger partial charge in [-0.3, -0.25) is 4.79 Å². The van der Waals surface area contributed by atoms with Gasteiger partial charge < -0.3 is 19.8 Å². The molecule has 0 bridgehead atoms. The van der Waals surface area contributed by atoms with Gasteiger partial charge in [0.15, 0.2) is 0 Å². The predicted molar refractivity (Wildman–Crippen MR) is 69.9 cm³/mol. The Kier molecular flexibility index (Phi) is 4.57. The van der Waals surface area contributed by atoms with Crippen LogP contribution in [0.3, 0.4) is 0 Å². The van der Waals surface area contributed by atoms with E-state index in [1.807, 2.05) is 30.3 Å². The first-order valence-electron chi connectivity index (χ1n) is 6.44. The molecule has 20 heavy (non-hydrogen) atoms. The molecule has 1 aromatic rings. The van der Waals surface area contributed by atoms with E-state index >= 15 is 0 Å². The average molecular weight is 279 g/mol. The maximum atomic E-state index is 11.8. The van der Waals surface area contributed by atoms with Crippen molar-refractivity contribution in [3.8, 4) is 0 Å². The van der Waals surface area contributed by atoms with E-state index in [0.717, 1.165) is 5.56 Å². The number of aliphatic hydroxyl groups is 1. The molecule has 0 saturated carbocycles. The predicted octanol–water partition coefficient (Wildman–Crippen LogP) is 1.09. The zero-order valence-corrected chi connectivity index (χ0v) is 10.9. The molecule has 6 nitrogen and oxygen atoms in total. The Morgan fingerprint density at radius 1 is 1.30 bits per heavy atom. The summed E-state index contributed by atoms with van der Waals surface area (Å²) < 4.78 is 5.14. The van der Waals surface area contributed by atoms with Gasteiger partial charge in [-0.1, -0.05) is 30.3 Å². The van der Waals surface area contributed by atoms with Crippen molar-refractivity contribution in [3.05, 3.63) is 35.9 Å². The Hall–Kier alpha value is -2.08. The summed E-state index contributed by atoms with van der Waals surface area (Å²) in [5.41, 5.74) is 0.877. The first-order valence-corrected chi connectivity index (χ1v) is 6.44. The minimum Gasteiger partial charge on any atom is -0.481 e. The summed E-state index contributed by atoms with van der Waals surface area (Å²) in [7, 11) is 0. The molecule has 1 aliphatic heterocycles. The number of aliphatic hydroxyl groups excluding tert-OH is 1. The third-order valence-electron chi connectivity index (χ3n) is 3.36. The molecule has 2 rings (SSSR count). The van der Waals surface area contributed by atoms with Crippen molar-refractivity contribution in [2.75, 3.05) is 13.1 Å². The molecule has 0 aliphatic carbocycles. The number of ether oxygens (including phenoxy) is 1. The minimum atomic E-state index is -1.05. The summed E-state index contributed by atoms with van der Waals surface area (Å²) >= 11 is 0. The van der Waals surface area contributed by atoms with E-state index in [1.54, 1.807) is 0 Å². The SMILES string of the molecule is O=C(O)[C@H]1CCN(C(=O)OCc2ccccc2)C[C@H]1O. The highest BCUT2D eigenvalue weighted by atomic mass is 16.6. The highest BCUT2D eigenvalue weighted by Crippen LogP contribution is 2.19. The van der Waals surface area contributed by atoms with Crippen molar-refractivity contribution < 1.29 is 24.5 Å². The molecule has 0 aromatic heterocycles. The van der Waals surface area contributed by atoms with E-state index in [0.29, 0.717) is 0 Å². The first kappa shape index (κ1) is 14.3. The Labute approximate surface area is 116 Å². The van der Waals surface area contributed by atoms with Crippen LogP contribution in [0, 0.1) is 5.92 Å². The molecule has 1 saturated heterocycles. The van der Waals surface area contributed by atoms with Gasteiger partial charge in [0, 0.05) is 6.54 Å². The summed E-state index contributed by atoms with van der Waals surface area (Å²) in [6.45, 7) is 0.431. The Balaban J connectivity index is 1.84. The van der Waals surface area contributed by atoms with E-state index in [-0.39, 0.29) is 26.1 Å². The first-order chi connectivity index (χ1) is 9.58. The van der Waals surface area contributed by atoms with Crippen LogP contribution >= 0.6 is 0 Å². The normalized spacial score (nSPS) is 22.4. The molecule has 1 aliphatic rings. The number of likely N-dealkylation sites (tertiary alicyclic amines) is 1. The summed E-state index contributed by atoms with van der Waals surface area (Å²) in [6.07, 6.45) is -1.35. The largest absolute Gasteiger partial charge is 0.481 e. The highest BCUT2D eigenvalue weighted by Gasteiger charge is 2.35. The topological polar surface area (TPSA) is 87.1 Å². The molecular formula is C14H17NO5. The van der Waals surface area contributed by atoms with Gasteiger partial charge in [0.2, 0.25) is 0 Å². The smallest absolute Gasteiger partial charge is 0.410 e. The highest BCUT2D eigenvalue weighted by molar-refractivity contribution is 5.72. The minimum absolute atomic E-state index is 0.00934. The quantitative estimate of drug-likeness (QED) is 0.865. The number of carboxylic acids is 1. The number of carbonyl (C=O) groups is 2. The lowest BCUT2D eigenvalue weighted by molar-refractivity contribution is -0.148. The molecule has 0 spiro atoms. The van der Waals surface area contributed by atoms with E-state index in [2.05, 4.69) is 0 Å². The molecule has 1 fully saturated rings. The zero-order valence-electron chi connectivity index (χ0n) is 10.9. The maximum absolute atomic E-state index is 11.8. The molecule has 2 atom stereocenters. The molecule has 0 radical (unpaired) electrons. The third kappa shape index (κ3) is 3.48. The fourth-order valence-electron chi connectivity index (χ4n) is 2.20. The Morgan fingerprint density at radius 3 is 2.60 bits per heavy atom. The molecule has 108 valence electrons. The standard InChI is InChI=1S/C14H17NO5/c16-12-8-15(7-6-11(12)13(17)18)14(19)20-9-10-4-2-1-3-5-10/h1-5,11-12,16H,6-9H2,(H,17,18)/t11-,12+/m0/s1. The van der Waals surface area contributed by atoms with Gasteiger partial charge in [-0.25, -0.2) is 4.79 Å². The van der Waals surface area contributed by atoms with Gasteiger partial charge in [0.05, 0.1) is 18.6 Å². The van der Waals surface area contributed by atoms with Gasteiger partial charge >= 0.3 is 12.1 Å². The average Bonchev–Trinajstić information content (AvgIpc) is 2.45. The van der Waals surface area contributed by atoms with Crippen LogP contribution in [0.15, 0.2) is 30.3 Å². The lowest BCUT2D eigenvalue weighted by Crippen LogP contribution is -2.48. The lowest BCUT2D eigenvalue weighted by atomic mass is 9.94. The lowest BCUT2D eigenvalue weighted by Gasteiger charge is -2.33. The second-order valence-electron chi connectivity index (χ2n) is 4.79. The van der Waals surface area contributed by atoms with Crippen LogP contribution in [0.2, 0.25) is 0 Å². The number of carbonyl (C=O) groups excluding carboxylic acids is 1. The Morgan fingerprint density at radius 2 is 2.00 bits per heavy atom. The van der Waals surface area contributed by atoms with Gasteiger partial charge in [-0.2, -0.15) is 0 Å². The second-order valence-corrected chi connectivity index (χ2v) is 4.79. The number of benzene rings is 1. The molecular weight excluding hydrogens is 262 g/mol. The fraction of sp³-hybridized carbons (Fsp3) is 0.429. The number of hydrogen-bond acceptors (Lipinski definition) is 4. The summed E-state index contributed by atoms with van der Waals surface area (Å²) in [6, 6.07) is 9.27. The third-order valence-corrected chi connectivity index (χ3v) is 3.36. The molecule has 1 aromatic carbocycles. The molecule has 2 N–H and O–H groups in total. The van der Waals surface area contributed by atoms with Gasteiger partial charge in [0.25, 0.3) is 0 Å². The van der Waals surface area contributed by atoms with E-state index in [9.17, 15) is 14.7 Å². The van der Waals surface area contributed by atoms with Crippen LogP contribution in [-0.4, -0.2) is 46.4 Å². The number of nitrogens with zero attached hydrogens (tertiary/aromatic N) is 1. The summed E-state index contributed by atoms with van der Waals surface area (Å²) in [5, 5.41) is 18.6. The second kappa shape index (κ2) is 6.38. The summed E-state index contributed by atoms with van der Waals surface area (Å²) in [4.78, 5) is 24.0. The van der Waals surface area contributed by atoms with Crippen LogP contribution in [0.25, 0.3) is 0 Å².